The van der Waals surface area contributed by atoms with Crippen molar-refractivity contribution in [2.24, 2.45) is 0 Å². The zero-order valence-electron chi connectivity index (χ0n) is 8.47. The van der Waals surface area contributed by atoms with Gasteiger partial charge in [-0.3, -0.25) is 0 Å². The van der Waals surface area contributed by atoms with Crippen LogP contribution in [-0.2, 0) is 9.53 Å². The number of halogens is 1. The Hall–Kier alpha value is -0.860. The normalized spacial score (nSPS) is 12.0. The van der Waals surface area contributed by atoms with E-state index >= 15 is 0 Å². The largest absolute Gasteiger partial charge is 0.463 e. The maximum absolute atomic E-state index is 13.6. The molecule has 0 saturated carbocycles. The lowest BCUT2D eigenvalue weighted by molar-refractivity contribution is -0.137. The summed E-state index contributed by atoms with van der Waals surface area (Å²) < 4.78 is 18.2. The van der Waals surface area contributed by atoms with Gasteiger partial charge in [-0.1, -0.05) is 13.8 Å². The monoisotopic (exact) mass is 188 g/mol. The van der Waals surface area contributed by atoms with Crippen LogP contribution < -0.4 is 0 Å². The molecule has 0 atom stereocenters. The Morgan fingerprint density at radius 2 is 1.92 bits per heavy atom. The molecule has 0 aromatic carbocycles. The molecule has 2 nitrogen and oxygen atoms in total. The third-order valence-electron chi connectivity index (χ3n) is 1.98. The average Bonchev–Trinajstić information content (AvgIpc) is 2.15. The second kappa shape index (κ2) is 5.73. The SMILES string of the molecule is CCOC(=O)/C=C/C(F)(CC)CC. The molecule has 0 N–H and O–H groups in total. The standard InChI is InChI=1S/C10H17FO2/c1-4-10(11,5-2)8-7-9(12)13-6-3/h7-8H,4-6H2,1-3H3/b8-7+. The average molecular weight is 188 g/mol. The Kier molecular flexibility index (Phi) is 5.35. The molecule has 0 saturated heterocycles. The number of rotatable bonds is 5. The summed E-state index contributed by atoms with van der Waals surface area (Å²) in [6.45, 7) is 5.53. The van der Waals surface area contributed by atoms with Crippen LogP contribution in [0.2, 0.25) is 0 Å². The van der Waals surface area contributed by atoms with Crippen molar-refractivity contribution in [2.75, 3.05) is 6.61 Å². The van der Waals surface area contributed by atoms with E-state index in [1.54, 1.807) is 20.8 Å². The fourth-order valence-electron chi connectivity index (χ4n) is 0.893. The van der Waals surface area contributed by atoms with E-state index in [1.165, 1.54) is 6.08 Å². The minimum atomic E-state index is -1.37. The summed E-state index contributed by atoms with van der Waals surface area (Å²) in [5, 5.41) is 0. The molecule has 0 aliphatic carbocycles. The number of allylic oxidation sites excluding steroid dienone is 1. The second-order valence-corrected chi connectivity index (χ2v) is 2.83. The highest BCUT2D eigenvalue weighted by Crippen LogP contribution is 2.21. The van der Waals surface area contributed by atoms with Crippen LogP contribution in [0, 0.1) is 0 Å². The highest BCUT2D eigenvalue weighted by Gasteiger charge is 2.21. The van der Waals surface area contributed by atoms with Crippen LogP contribution >= 0.6 is 0 Å². The van der Waals surface area contributed by atoms with Crippen molar-refractivity contribution in [3.8, 4) is 0 Å². The van der Waals surface area contributed by atoms with E-state index in [0.29, 0.717) is 19.4 Å². The van der Waals surface area contributed by atoms with E-state index in [1.807, 2.05) is 0 Å². The fraction of sp³-hybridized carbons (Fsp3) is 0.700. The lowest BCUT2D eigenvalue weighted by atomic mass is 9.99. The Morgan fingerprint density at radius 3 is 2.31 bits per heavy atom. The number of carbonyl (C=O) groups is 1. The first-order valence-corrected chi connectivity index (χ1v) is 4.63. The maximum Gasteiger partial charge on any atom is 0.330 e. The molecule has 0 aliphatic heterocycles. The van der Waals surface area contributed by atoms with Crippen molar-refractivity contribution in [3.63, 3.8) is 0 Å². The van der Waals surface area contributed by atoms with Crippen molar-refractivity contribution in [1.82, 2.24) is 0 Å². The lowest BCUT2D eigenvalue weighted by Crippen LogP contribution is -2.17. The number of esters is 1. The minimum absolute atomic E-state index is 0.320. The summed E-state index contributed by atoms with van der Waals surface area (Å²) >= 11 is 0. The van der Waals surface area contributed by atoms with E-state index in [0.717, 1.165) is 6.08 Å². The number of ether oxygens (including phenoxy) is 1. The lowest BCUT2D eigenvalue weighted by Gasteiger charge is -2.16. The van der Waals surface area contributed by atoms with Gasteiger partial charge in [-0.05, 0) is 25.8 Å². The molecule has 0 aromatic heterocycles. The van der Waals surface area contributed by atoms with E-state index < -0.39 is 11.6 Å². The van der Waals surface area contributed by atoms with Crippen molar-refractivity contribution < 1.29 is 13.9 Å². The first-order chi connectivity index (χ1) is 6.08. The van der Waals surface area contributed by atoms with Crippen LogP contribution in [0.25, 0.3) is 0 Å². The van der Waals surface area contributed by atoms with Crippen molar-refractivity contribution in [1.29, 1.82) is 0 Å². The maximum atomic E-state index is 13.6. The molecule has 0 aliphatic rings. The van der Waals surface area contributed by atoms with Gasteiger partial charge in [0, 0.05) is 6.08 Å². The van der Waals surface area contributed by atoms with Crippen LogP contribution in [0.1, 0.15) is 33.6 Å². The number of hydrogen-bond acceptors (Lipinski definition) is 2. The first-order valence-electron chi connectivity index (χ1n) is 4.63. The predicted octanol–water partition coefficient (Wildman–Crippen LogP) is 2.63. The summed E-state index contributed by atoms with van der Waals surface area (Å²) in [5.74, 6) is -0.480. The molecular weight excluding hydrogens is 171 g/mol. The van der Waals surface area contributed by atoms with E-state index in [4.69, 9.17) is 0 Å². The molecule has 0 rings (SSSR count). The van der Waals surface area contributed by atoms with Gasteiger partial charge in [-0.15, -0.1) is 0 Å². The Balaban J connectivity index is 4.14. The van der Waals surface area contributed by atoms with E-state index in [-0.39, 0.29) is 0 Å². The number of alkyl halides is 1. The third kappa shape index (κ3) is 4.65. The summed E-state index contributed by atoms with van der Waals surface area (Å²) in [5.41, 5.74) is -1.37. The number of hydrogen-bond donors (Lipinski definition) is 0. The quantitative estimate of drug-likeness (QED) is 0.489. The Bertz CT molecular complexity index is 183. The molecule has 3 heteroatoms. The summed E-state index contributed by atoms with van der Waals surface area (Å²) in [4.78, 5) is 10.8. The third-order valence-corrected chi connectivity index (χ3v) is 1.98. The highest BCUT2D eigenvalue weighted by atomic mass is 19.1. The van der Waals surface area contributed by atoms with Gasteiger partial charge in [0.1, 0.15) is 5.67 Å². The highest BCUT2D eigenvalue weighted by molar-refractivity contribution is 5.82. The van der Waals surface area contributed by atoms with Gasteiger partial charge in [0.05, 0.1) is 6.61 Å². The van der Waals surface area contributed by atoms with Crippen LogP contribution in [0.15, 0.2) is 12.2 Å². The molecule has 13 heavy (non-hydrogen) atoms. The summed E-state index contributed by atoms with van der Waals surface area (Å²) in [7, 11) is 0. The van der Waals surface area contributed by atoms with Gasteiger partial charge in [-0.25, -0.2) is 9.18 Å². The van der Waals surface area contributed by atoms with Gasteiger partial charge in [0.25, 0.3) is 0 Å². The van der Waals surface area contributed by atoms with E-state index in [9.17, 15) is 9.18 Å². The van der Waals surface area contributed by atoms with E-state index in [2.05, 4.69) is 4.74 Å². The smallest absolute Gasteiger partial charge is 0.330 e. The van der Waals surface area contributed by atoms with Crippen molar-refractivity contribution in [3.05, 3.63) is 12.2 Å². The summed E-state index contributed by atoms with van der Waals surface area (Å²) in [6.07, 6.45) is 3.19. The molecule has 0 heterocycles. The zero-order chi connectivity index (χ0) is 10.3. The van der Waals surface area contributed by atoms with Gasteiger partial charge < -0.3 is 4.74 Å². The van der Waals surface area contributed by atoms with Crippen molar-refractivity contribution >= 4 is 5.97 Å². The summed E-state index contributed by atoms with van der Waals surface area (Å²) in [6, 6.07) is 0. The van der Waals surface area contributed by atoms with Crippen LogP contribution in [0.3, 0.4) is 0 Å². The molecule has 0 spiro atoms. The molecule has 0 radical (unpaired) electrons. The minimum Gasteiger partial charge on any atom is -0.463 e. The molecule has 76 valence electrons. The van der Waals surface area contributed by atoms with Crippen LogP contribution in [0.4, 0.5) is 4.39 Å². The zero-order valence-corrected chi connectivity index (χ0v) is 8.47. The topological polar surface area (TPSA) is 26.3 Å². The van der Waals surface area contributed by atoms with Gasteiger partial charge in [-0.2, -0.15) is 0 Å². The van der Waals surface area contributed by atoms with Gasteiger partial charge >= 0.3 is 5.97 Å². The first kappa shape index (κ1) is 12.1. The molecule has 0 aromatic rings. The molecular formula is C10H17FO2. The second-order valence-electron chi connectivity index (χ2n) is 2.83. The fourth-order valence-corrected chi connectivity index (χ4v) is 0.893. The van der Waals surface area contributed by atoms with Gasteiger partial charge in [0.2, 0.25) is 0 Å². The molecule has 0 fully saturated rings. The Morgan fingerprint density at radius 1 is 1.38 bits per heavy atom. The van der Waals surface area contributed by atoms with Gasteiger partial charge in [0.15, 0.2) is 0 Å². The van der Waals surface area contributed by atoms with Crippen molar-refractivity contribution in [2.45, 2.75) is 39.3 Å². The predicted molar refractivity (Wildman–Crippen MR) is 50.2 cm³/mol. The molecule has 0 unspecified atom stereocenters. The van der Waals surface area contributed by atoms with Crippen LogP contribution in [-0.4, -0.2) is 18.2 Å². The van der Waals surface area contributed by atoms with Crippen LogP contribution in [0.5, 0.6) is 0 Å². The molecule has 0 bridgehead atoms. The number of carbonyl (C=O) groups excluding carboxylic acids is 1. The molecule has 0 amide bonds. The Labute approximate surface area is 78.8 Å².